The Hall–Kier alpha value is -2.57. The Morgan fingerprint density at radius 1 is 1.43 bits per heavy atom. The molecule has 2 aromatic rings. The van der Waals surface area contributed by atoms with Crippen LogP contribution >= 0.6 is 0 Å². The topological polar surface area (TPSA) is 90.4 Å². The Morgan fingerprint density at radius 2 is 2.19 bits per heavy atom. The number of nitro groups is 1. The van der Waals surface area contributed by atoms with Gasteiger partial charge in [0.25, 0.3) is 0 Å². The first-order valence-corrected chi connectivity index (χ1v) is 6.59. The summed E-state index contributed by atoms with van der Waals surface area (Å²) in [6.45, 7) is 6.40. The fourth-order valence-corrected chi connectivity index (χ4v) is 1.99. The number of nitrogens with one attached hydrogen (secondary N) is 1. The zero-order valence-corrected chi connectivity index (χ0v) is 12.2. The van der Waals surface area contributed by atoms with Gasteiger partial charge in [-0.2, -0.15) is 0 Å². The molecule has 0 fully saturated rings. The van der Waals surface area contributed by atoms with Crippen LogP contribution < -0.4 is 10.1 Å². The molecule has 1 aromatic carbocycles. The highest BCUT2D eigenvalue weighted by atomic mass is 16.6. The van der Waals surface area contributed by atoms with Gasteiger partial charge in [-0.05, 0) is 26.8 Å². The van der Waals surface area contributed by atoms with Crippen molar-refractivity contribution >= 4 is 11.4 Å². The van der Waals surface area contributed by atoms with Crippen molar-refractivity contribution in [3.05, 3.63) is 45.3 Å². The number of aromatic nitrogens is 1. The summed E-state index contributed by atoms with van der Waals surface area (Å²) in [7, 11) is 0. The van der Waals surface area contributed by atoms with Gasteiger partial charge in [0.05, 0.1) is 17.2 Å². The van der Waals surface area contributed by atoms with Crippen LogP contribution in [0.15, 0.2) is 22.7 Å². The van der Waals surface area contributed by atoms with Crippen molar-refractivity contribution in [1.29, 1.82) is 0 Å². The van der Waals surface area contributed by atoms with Gasteiger partial charge >= 0.3 is 5.69 Å². The van der Waals surface area contributed by atoms with Gasteiger partial charge in [-0.1, -0.05) is 5.16 Å². The molecule has 1 aromatic heterocycles. The summed E-state index contributed by atoms with van der Waals surface area (Å²) in [6.07, 6.45) is 0. The fourth-order valence-electron chi connectivity index (χ4n) is 1.99. The summed E-state index contributed by atoms with van der Waals surface area (Å²) >= 11 is 0. The van der Waals surface area contributed by atoms with E-state index < -0.39 is 4.92 Å². The summed E-state index contributed by atoms with van der Waals surface area (Å²) < 4.78 is 10.4. The van der Waals surface area contributed by atoms with Crippen LogP contribution in [0.3, 0.4) is 0 Å². The van der Waals surface area contributed by atoms with Crippen molar-refractivity contribution in [3.63, 3.8) is 0 Å². The first-order valence-electron chi connectivity index (χ1n) is 6.59. The molecule has 0 radical (unpaired) electrons. The van der Waals surface area contributed by atoms with Crippen molar-refractivity contribution in [2.75, 3.05) is 11.9 Å². The average Bonchev–Trinajstić information content (AvgIpc) is 2.76. The second-order valence-corrected chi connectivity index (χ2v) is 4.53. The summed E-state index contributed by atoms with van der Waals surface area (Å²) in [5.74, 6) is 1.01. The lowest BCUT2D eigenvalue weighted by molar-refractivity contribution is -0.385. The van der Waals surface area contributed by atoms with Gasteiger partial charge in [-0.15, -0.1) is 0 Å². The molecular weight excluding hydrogens is 274 g/mol. The third-order valence-corrected chi connectivity index (χ3v) is 3.11. The second-order valence-electron chi connectivity index (χ2n) is 4.53. The van der Waals surface area contributed by atoms with Crippen molar-refractivity contribution in [2.45, 2.75) is 27.3 Å². The van der Waals surface area contributed by atoms with Crippen LogP contribution in [-0.4, -0.2) is 16.7 Å². The smallest absolute Gasteiger partial charge is 0.311 e. The molecular formula is C14H17N3O4. The number of nitrogens with zero attached hydrogens (tertiary/aromatic N) is 2. The zero-order valence-electron chi connectivity index (χ0n) is 12.2. The van der Waals surface area contributed by atoms with E-state index in [1.807, 2.05) is 13.8 Å². The molecule has 2 rings (SSSR count). The van der Waals surface area contributed by atoms with Crippen LogP contribution in [0, 0.1) is 24.0 Å². The molecule has 0 saturated heterocycles. The van der Waals surface area contributed by atoms with Crippen LogP contribution in [0.5, 0.6) is 5.75 Å². The Balaban J connectivity index is 2.17. The predicted molar refractivity (Wildman–Crippen MR) is 77.6 cm³/mol. The predicted octanol–water partition coefficient (Wildman–Crippen LogP) is 3.21. The van der Waals surface area contributed by atoms with E-state index in [9.17, 15) is 10.1 Å². The Bertz CT molecular complexity index is 632. The van der Waals surface area contributed by atoms with Crippen molar-refractivity contribution in [3.8, 4) is 5.75 Å². The fraction of sp³-hybridized carbons (Fsp3) is 0.357. The normalized spacial score (nSPS) is 10.4. The number of aryl methyl sites for hydroxylation is 2. The molecule has 21 heavy (non-hydrogen) atoms. The maximum absolute atomic E-state index is 10.9. The van der Waals surface area contributed by atoms with Gasteiger partial charge in [0.2, 0.25) is 0 Å². The van der Waals surface area contributed by atoms with Gasteiger partial charge in [-0.3, -0.25) is 10.1 Å². The molecule has 0 spiro atoms. The summed E-state index contributed by atoms with van der Waals surface area (Å²) in [4.78, 5) is 10.5. The van der Waals surface area contributed by atoms with E-state index in [0.29, 0.717) is 13.2 Å². The minimum absolute atomic E-state index is 0.0419. The Morgan fingerprint density at radius 3 is 2.76 bits per heavy atom. The molecule has 1 N–H and O–H groups in total. The molecule has 0 amide bonds. The van der Waals surface area contributed by atoms with Gasteiger partial charge in [0, 0.05) is 29.9 Å². The average molecular weight is 291 g/mol. The van der Waals surface area contributed by atoms with Crippen LogP contribution in [0.1, 0.15) is 23.9 Å². The molecule has 0 saturated carbocycles. The third-order valence-electron chi connectivity index (χ3n) is 3.11. The molecule has 112 valence electrons. The van der Waals surface area contributed by atoms with Gasteiger partial charge in [0.15, 0.2) is 5.75 Å². The largest absolute Gasteiger partial charge is 0.487 e. The van der Waals surface area contributed by atoms with Crippen LogP contribution in [-0.2, 0) is 6.54 Å². The van der Waals surface area contributed by atoms with E-state index in [0.717, 1.165) is 22.7 Å². The third kappa shape index (κ3) is 3.31. The van der Waals surface area contributed by atoms with E-state index in [1.165, 1.54) is 6.07 Å². The highest BCUT2D eigenvalue weighted by Gasteiger charge is 2.16. The summed E-state index contributed by atoms with van der Waals surface area (Å²) in [5.41, 5.74) is 2.50. The number of hydrogen-bond acceptors (Lipinski definition) is 6. The number of nitro benzene ring substituents is 1. The second kappa shape index (κ2) is 6.25. The van der Waals surface area contributed by atoms with Gasteiger partial charge in [-0.25, -0.2) is 0 Å². The molecule has 1 heterocycles. The van der Waals surface area contributed by atoms with Gasteiger partial charge < -0.3 is 14.6 Å². The lowest BCUT2D eigenvalue weighted by Gasteiger charge is -2.09. The first-order chi connectivity index (χ1) is 10.0. The molecule has 0 aliphatic carbocycles. The van der Waals surface area contributed by atoms with Crippen LogP contribution in [0.25, 0.3) is 0 Å². The molecule has 0 aliphatic heterocycles. The highest BCUT2D eigenvalue weighted by Crippen LogP contribution is 2.30. The minimum Gasteiger partial charge on any atom is -0.487 e. The number of ether oxygens (including phenoxy) is 1. The number of benzene rings is 1. The highest BCUT2D eigenvalue weighted by molar-refractivity contribution is 5.58. The zero-order chi connectivity index (χ0) is 15.4. The van der Waals surface area contributed by atoms with E-state index in [4.69, 9.17) is 9.26 Å². The standard InChI is InChI=1S/C14H17N3O4/c1-4-20-14-7-11(5-6-13(14)17(18)19)15-8-12-9(2)16-21-10(12)3/h5-7,15H,4,8H2,1-3H3. The van der Waals surface area contributed by atoms with E-state index in [2.05, 4.69) is 10.5 Å². The van der Waals surface area contributed by atoms with Crippen LogP contribution in [0.4, 0.5) is 11.4 Å². The lowest BCUT2D eigenvalue weighted by atomic mass is 10.2. The van der Waals surface area contributed by atoms with Gasteiger partial charge in [0.1, 0.15) is 5.76 Å². The van der Waals surface area contributed by atoms with E-state index in [1.54, 1.807) is 19.1 Å². The van der Waals surface area contributed by atoms with Crippen LogP contribution in [0.2, 0.25) is 0 Å². The number of anilines is 1. The molecule has 0 unspecified atom stereocenters. The maximum atomic E-state index is 10.9. The SMILES string of the molecule is CCOc1cc(NCc2c(C)noc2C)ccc1[N+](=O)[O-]. The quantitative estimate of drug-likeness (QED) is 0.649. The molecule has 0 atom stereocenters. The molecule has 7 heteroatoms. The first kappa shape index (κ1) is 14.8. The van der Waals surface area contributed by atoms with Crippen molar-refractivity contribution < 1.29 is 14.2 Å². The lowest BCUT2D eigenvalue weighted by Crippen LogP contribution is -2.03. The summed E-state index contributed by atoms with van der Waals surface area (Å²) in [5, 5.41) is 18.0. The number of hydrogen-bond donors (Lipinski definition) is 1. The Labute approximate surface area is 122 Å². The van der Waals surface area contributed by atoms with E-state index in [-0.39, 0.29) is 11.4 Å². The van der Waals surface area contributed by atoms with Crippen molar-refractivity contribution in [1.82, 2.24) is 5.16 Å². The minimum atomic E-state index is -0.455. The van der Waals surface area contributed by atoms with E-state index >= 15 is 0 Å². The van der Waals surface area contributed by atoms with Crippen molar-refractivity contribution in [2.24, 2.45) is 0 Å². The Kier molecular flexibility index (Phi) is 4.42. The number of rotatable bonds is 6. The molecule has 0 aliphatic rings. The maximum Gasteiger partial charge on any atom is 0.311 e. The summed E-state index contributed by atoms with van der Waals surface area (Å²) in [6, 6.07) is 4.71. The monoisotopic (exact) mass is 291 g/mol. The molecule has 0 bridgehead atoms. The molecule has 7 nitrogen and oxygen atoms in total.